The highest BCUT2D eigenvalue weighted by molar-refractivity contribution is 6.60. The van der Waals surface area contributed by atoms with Crippen LogP contribution in [0.15, 0.2) is 0 Å². The lowest BCUT2D eigenvalue weighted by Crippen LogP contribution is -2.50. The van der Waals surface area contributed by atoms with Crippen LogP contribution in [0.3, 0.4) is 0 Å². The summed E-state index contributed by atoms with van der Waals surface area (Å²) in [6, 6.07) is 0.924. The van der Waals surface area contributed by atoms with Crippen molar-refractivity contribution in [3.05, 3.63) is 0 Å². The average molecular weight is 531 g/mol. The molecule has 0 fully saturated rings. The van der Waals surface area contributed by atoms with Crippen LogP contribution in [0.5, 0.6) is 0 Å². The third-order valence-corrected chi connectivity index (χ3v) is 11.0. The van der Waals surface area contributed by atoms with E-state index in [2.05, 4.69) is 20.8 Å². The molecular weight excluding hydrogens is 462 g/mol. The summed E-state index contributed by atoms with van der Waals surface area (Å²) in [7, 11) is 2.76. The van der Waals surface area contributed by atoms with Gasteiger partial charge >= 0.3 is 8.80 Å². The van der Waals surface area contributed by atoms with Crippen molar-refractivity contribution in [3.63, 3.8) is 0 Å². The number of nitrogens with zero attached hydrogens (tertiary/aromatic N) is 1. The quantitative estimate of drug-likeness (QED) is 0.0547. The van der Waals surface area contributed by atoms with Gasteiger partial charge in [-0.25, -0.2) is 0 Å². The molecular formula is C31H68NO3Si+. The Hall–Kier alpha value is 0.0569. The molecule has 0 amide bonds. The van der Waals surface area contributed by atoms with Crippen LogP contribution in [0.2, 0.25) is 6.04 Å². The highest BCUT2D eigenvalue weighted by Crippen LogP contribution is 2.21. The summed E-state index contributed by atoms with van der Waals surface area (Å²) in [5.41, 5.74) is 0. The zero-order valence-corrected chi connectivity index (χ0v) is 26.8. The summed E-state index contributed by atoms with van der Waals surface area (Å²) < 4.78 is 18.2. The van der Waals surface area contributed by atoms with Crippen LogP contribution in [0, 0.1) is 0 Å². The molecule has 0 rings (SSSR count). The van der Waals surface area contributed by atoms with Gasteiger partial charge in [-0.1, -0.05) is 111 Å². The van der Waals surface area contributed by atoms with Gasteiger partial charge in [0.05, 0.1) is 26.2 Å². The summed E-state index contributed by atoms with van der Waals surface area (Å²) in [6.45, 7) is 12.3. The molecule has 0 bridgehead atoms. The molecule has 0 aromatic rings. The van der Waals surface area contributed by atoms with Crippen LogP contribution in [0.25, 0.3) is 0 Å². The van der Waals surface area contributed by atoms with Crippen molar-refractivity contribution >= 4 is 8.80 Å². The molecule has 218 valence electrons. The Morgan fingerprint density at radius 2 is 0.722 bits per heavy atom. The van der Waals surface area contributed by atoms with Crippen molar-refractivity contribution in [2.75, 3.05) is 47.5 Å². The first-order valence-corrected chi connectivity index (χ1v) is 18.0. The summed E-state index contributed by atoms with van der Waals surface area (Å²) in [6.07, 6.45) is 28.0. The second-order valence-electron chi connectivity index (χ2n) is 11.3. The Morgan fingerprint density at radius 3 is 1.06 bits per heavy atom. The second kappa shape index (κ2) is 25.3. The van der Waals surface area contributed by atoms with Gasteiger partial charge in [0, 0.05) is 27.4 Å². The maximum absolute atomic E-state index is 5.62. The zero-order chi connectivity index (χ0) is 26.8. The summed E-state index contributed by atoms with van der Waals surface area (Å²) in [5.74, 6) is 0. The molecule has 0 saturated heterocycles. The first-order chi connectivity index (χ1) is 17.6. The Labute approximate surface area is 229 Å². The van der Waals surface area contributed by atoms with E-state index in [1.165, 1.54) is 153 Å². The molecule has 0 aromatic carbocycles. The Balaban J connectivity index is 3.97. The van der Waals surface area contributed by atoms with Crippen LogP contribution >= 0.6 is 0 Å². The Bertz CT molecular complexity index is 431. The molecule has 0 aromatic heterocycles. The van der Waals surface area contributed by atoms with Crippen LogP contribution in [0.1, 0.15) is 149 Å². The van der Waals surface area contributed by atoms with E-state index in [1.54, 1.807) is 21.3 Å². The minimum absolute atomic E-state index is 0.924. The lowest BCUT2D eigenvalue weighted by Gasteiger charge is -2.39. The van der Waals surface area contributed by atoms with Gasteiger partial charge in [-0.3, -0.25) is 0 Å². The molecule has 5 heteroatoms. The topological polar surface area (TPSA) is 27.7 Å². The van der Waals surface area contributed by atoms with Gasteiger partial charge in [-0.15, -0.1) is 0 Å². The van der Waals surface area contributed by atoms with Crippen LogP contribution in [-0.2, 0) is 13.3 Å². The molecule has 0 heterocycles. The minimum Gasteiger partial charge on any atom is -0.377 e. The van der Waals surface area contributed by atoms with Gasteiger partial charge in [0.2, 0.25) is 0 Å². The molecule has 0 aliphatic carbocycles. The maximum atomic E-state index is 5.62. The lowest BCUT2D eigenvalue weighted by molar-refractivity contribution is -0.928. The fraction of sp³-hybridized carbons (Fsp3) is 1.00. The van der Waals surface area contributed by atoms with E-state index in [-0.39, 0.29) is 0 Å². The van der Waals surface area contributed by atoms with Gasteiger partial charge in [0.25, 0.3) is 0 Å². The molecule has 0 atom stereocenters. The molecule has 0 saturated carbocycles. The molecule has 36 heavy (non-hydrogen) atoms. The van der Waals surface area contributed by atoms with Gasteiger partial charge in [0.15, 0.2) is 0 Å². The van der Waals surface area contributed by atoms with E-state index in [0.29, 0.717) is 0 Å². The first-order valence-electron chi connectivity index (χ1n) is 16.1. The van der Waals surface area contributed by atoms with Crippen molar-refractivity contribution in [1.82, 2.24) is 0 Å². The number of hydrogen-bond acceptors (Lipinski definition) is 3. The van der Waals surface area contributed by atoms with E-state index in [9.17, 15) is 0 Å². The third kappa shape index (κ3) is 18.3. The van der Waals surface area contributed by atoms with Gasteiger partial charge in [-0.2, -0.15) is 0 Å². The summed E-state index contributed by atoms with van der Waals surface area (Å²) in [5, 5.41) is 0. The minimum atomic E-state index is -2.42. The molecule has 0 radical (unpaired) electrons. The normalized spacial score (nSPS) is 12.5. The number of unbranched alkanes of at least 4 members (excludes halogenated alkanes) is 16. The predicted octanol–water partition coefficient (Wildman–Crippen LogP) is 9.54. The first kappa shape index (κ1) is 36.1. The molecule has 0 aliphatic heterocycles. The number of quaternary nitrogens is 1. The zero-order valence-electron chi connectivity index (χ0n) is 25.8. The van der Waals surface area contributed by atoms with E-state index < -0.39 is 8.80 Å². The standard InChI is InChI=1S/C31H68NO3Si/c1-7-10-11-12-13-14-15-16-17-18-19-20-21-22-23-24-29-32(27-8-2,28-9-3)30-25-26-31-36(33-4,34-5)35-6/h7-31H2,1-6H3/q+1. The van der Waals surface area contributed by atoms with E-state index in [1.807, 2.05) is 0 Å². The third-order valence-electron chi connectivity index (χ3n) is 8.18. The number of hydrogen-bond donors (Lipinski definition) is 0. The highest BCUT2D eigenvalue weighted by Gasteiger charge is 2.37. The largest absolute Gasteiger partial charge is 0.500 e. The van der Waals surface area contributed by atoms with Crippen LogP contribution < -0.4 is 0 Å². The highest BCUT2D eigenvalue weighted by atomic mass is 28.4. The smallest absolute Gasteiger partial charge is 0.377 e. The predicted molar refractivity (Wildman–Crippen MR) is 161 cm³/mol. The Morgan fingerprint density at radius 1 is 0.389 bits per heavy atom. The van der Waals surface area contributed by atoms with Crippen LogP contribution in [-0.4, -0.2) is 60.8 Å². The SMILES string of the molecule is CCCCCCCCCCCCCCCCCC[N+](CCC)(CCC)CCCC[Si](OC)(OC)OC. The molecule has 4 nitrogen and oxygen atoms in total. The van der Waals surface area contributed by atoms with Crippen LogP contribution in [0.4, 0.5) is 0 Å². The fourth-order valence-electron chi connectivity index (χ4n) is 5.96. The Kier molecular flexibility index (Phi) is 25.4. The summed E-state index contributed by atoms with van der Waals surface area (Å²) >= 11 is 0. The average Bonchev–Trinajstić information content (AvgIpc) is 2.89. The second-order valence-corrected chi connectivity index (χ2v) is 14.4. The molecule has 0 spiro atoms. The number of rotatable bonds is 29. The molecule has 0 N–H and O–H groups in total. The van der Waals surface area contributed by atoms with E-state index >= 15 is 0 Å². The maximum Gasteiger partial charge on any atom is 0.500 e. The van der Waals surface area contributed by atoms with Gasteiger partial charge < -0.3 is 17.8 Å². The van der Waals surface area contributed by atoms with Crippen molar-refractivity contribution in [1.29, 1.82) is 0 Å². The van der Waals surface area contributed by atoms with E-state index in [0.717, 1.165) is 12.5 Å². The monoisotopic (exact) mass is 530 g/mol. The molecule has 0 unspecified atom stereocenters. The molecule has 0 aliphatic rings. The van der Waals surface area contributed by atoms with Crippen molar-refractivity contribution in [2.45, 2.75) is 155 Å². The summed E-state index contributed by atoms with van der Waals surface area (Å²) in [4.78, 5) is 0. The van der Waals surface area contributed by atoms with Crippen molar-refractivity contribution in [3.8, 4) is 0 Å². The van der Waals surface area contributed by atoms with Crippen molar-refractivity contribution < 1.29 is 17.8 Å². The fourth-order valence-corrected chi connectivity index (χ4v) is 7.76. The van der Waals surface area contributed by atoms with Crippen molar-refractivity contribution in [2.24, 2.45) is 0 Å². The van der Waals surface area contributed by atoms with E-state index in [4.69, 9.17) is 13.3 Å². The lowest BCUT2D eigenvalue weighted by atomic mass is 10.0. The van der Waals surface area contributed by atoms with Gasteiger partial charge in [0.1, 0.15) is 0 Å². The van der Waals surface area contributed by atoms with Gasteiger partial charge in [-0.05, 0) is 38.5 Å².